The quantitative estimate of drug-likeness (QED) is 0.895. The number of nitrogens with zero attached hydrogens (tertiary/aromatic N) is 1. The summed E-state index contributed by atoms with van der Waals surface area (Å²) in [6.45, 7) is 11.8. The predicted molar refractivity (Wildman–Crippen MR) is 92.9 cm³/mol. The fourth-order valence-electron chi connectivity index (χ4n) is 2.44. The molecule has 23 heavy (non-hydrogen) atoms. The molecule has 1 N–H and O–H groups in total. The van der Waals surface area contributed by atoms with Crippen molar-refractivity contribution in [3.63, 3.8) is 0 Å². The number of hydrogen-bond donors (Lipinski definition) is 1. The van der Waals surface area contributed by atoms with Gasteiger partial charge in [-0.3, -0.25) is 4.79 Å². The minimum absolute atomic E-state index is 0.0444. The first-order valence-electron chi connectivity index (χ1n) is 7.65. The van der Waals surface area contributed by atoms with Crippen LogP contribution in [0.25, 0.3) is 0 Å². The molecular weight excluding hydrogens is 312 g/mol. The Bertz CT molecular complexity index is 665. The lowest BCUT2D eigenvalue weighted by atomic mass is 9.97. The summed E-state index contributed by atoms with van der Waals surface area (Å²) in [5, 5.41) is 2.77. The van der Waals surface area contributed by atoms with E-state index in [0.717, 1.165) is 9.87 Å². The Kier molecular flexibility index (Phi) is 5.99. The highest BCUT2D eigenvalue weighted by Crippen LogP contribution is 2.24. The number of nitrogens with one attached hydrogen (secondary N) is 1. The second kappa shape index (κ2) is 7.01. The maximum atomic E-state index is 12.8. The van der Waals surface area contributed by atoms with E-state index in [4.69, 9.17) is 0 Å². The van der Waals surface area contributed by atoms with Crippen molar-refractivity contribution in [1.82, 2.24) is 9.62 Å². The molecule has 6 heteroatoms. The Morgan fingerprint density at radius 2 is 1.61 bits per heavy atom. The molecule has 0 radical (unpaired) electrons. The second-order valence-electron chi connectivity index (χ2n) is 7.33. The molecule has 0 aliphatic heterocycles. The topological polar surface area (TPSA) is 66.5 Å². The SMILES string of the molecule is Cc1cc(C)c(S(=O)(=O)N(C)CC(=O)NCC(C)(C)C)c(C)c1. The van der Waals surface area contributed by atoms with Crippen molar-refractivity contribution in [2.45, 2.75) is 46.4 Å². The molecular formula is C17H28N2O3S. The van der Waals surface area contributed by atoms with E-state index in [0.29, 0.717) is 17.7 Å². The van der Waals surface area contributed by atoms with Gasteiger partial charge < -0.3 is 5.32 Å². The van der Waals surface area contributed by atoms with Crippen molar-refractivity contribution in [2.75, 3.05) is 20.1 Å². The van der Waals surface area contributed by atoms with Crippen molar-refractivity contribution < 1.29 is 13.2 Å². The number of likely N-dealkylation sites (N-methyl/N-ethyl adjacent to an activating group) is 1. The fourth-order valence-corrected chi connectivity index (χ4v) is 3.97. The maximum Gasteiger partial charge on any atom is 0.243 e. The van der Waals surface area contributed by atoms with Crippen molar-refractivity contribution in [3.05, 3.63) is 28.8 Å². The lowest BCUT2D eigenvalue weighted by Crippen LogP contribution is -2.41. The summed E-state index contributed by atoms with van der Waals surface area (Å²) in [5.41, 5.74) is 2.37. The third kappa shape index (κ3) is 5.32. The van der Waals surface area contributed by atoms with Gasteiger partial charge in [-0.1, -0.05) is 38.5 Å². The lowest BCUT2D eigenvalue weighted by molar-refractivity contribution is -0.121. The van der Waals surface area contributed by atoms with Crippen LogP contribution in [0.2, 0.25) is 0 Å². The highest BCUT2D eigenvalue weighted by atomic mass is 32.2. The number of amides is 1. The van der Waals surface area contributed by atoms with Crippen LogP contribution in [0.5, 0.6) is 0 Å². The fraction of sp³-hybridized carbons (Fsp3) is 0.588. The zero-order valence-electron chi connectivity index (χ0n) is 15.1. The van der Waals surface area contributed by atoms with Crippen LogP contribution in [0.1, 0.15) is 37.5 Å². The van der Waals surface area contributed by atoms with E-state index in [1.54, 1.807) is 13.8 Å². The van der Waals surface area contributed by atoms with Gasteiger partial charge in [0.1, 0.15) is 0 Å². The average molecular weight is 340 g/mol. The number of carbonyl (C=O) groups excluding carboxylic acids is 1. The molecule has 0 aliphatic carbocycles. The Morgan fingerprint density at radius 1 is 1.13 bits per heavy atom. The minimum atomic E-state index is -3.69. The molecule has 5 nitrogen and oxygen atoms in total. The molecule has 0 spiro atoms. The molecule has 0 aromatic heterocycles. The average Bonchev–Trinajstić information content (AvgIpc) is 2.33. The number of benzene rings is 1. The van der Waals surface area contributed by atoms with Crippen molar-refractivity contribution in [1.29, 1.82) is 0 Å². The molecule has 0 saturated heterocycles. The predicted octanol–water partition coefficient (Wildman–Crippen LogP) is 2.39. The van der Waals surface area contributed by atoms with E-state index in [9.17, 15) is 13.2 Å². The van der Waals surface area contributed by atoms with Gasteiger partial charge in [0.25, 0.3) is 0 Å². The van der Waals surface area contributed by atoms with Gasteiger partial charge in [-0.25, -0.2) is 8.42 Å². The van der Waals surface area contributed by atoms with E-state index in [1.807, 2.05) is 39.8 Å². The van der Waals surface area contributed by atoms with Crippen molar-refractivity contribution in [2.24, 2.45) is 5.41 Å². The van der Waals surface area contributed by atoms with Crippen LogP contribution in [0, 0.1) is 26.2 Å². The zero-order chi connectivity index (χ0) is 18.0. The minimum Gasteiger partial charge on any atom is -0.354 e. The smallest absolute Gasteiger partial charge is 0.243 e. The van der Waals surface area contributed by atoms with Crippen LogP contribution in [-0.4, -0.2) is 38.8 Å². The molecule has 1 amide bonds. The number of rotatable bonds is 5. The van der Waals surface area contributed by atoms with Crippen molar-refractivity contribution in [3.8, 4) is 0 Å². The molecule has 1 aromatic rings. The van der Waals surface area contributed by atoms with Gasteiger partial charge >= 0.3 is 0 Å². The van der Waals surface area contributed by atoms with Gasteiger partial charge in [0, 0.05) is 13.6 Å². The summed E-state index contributed by atoms with van der Waals surface area (Å²) < 4.78 is 26.6. The summed E-state index contributed by atoms with van der Waals surface area (Å²) in [6.07, 6.45) is 0. The van der Waals surface area contributed by atoms with E-state index in [-0.39, 0.29) is 22.8 Å². The Hall–Kier alpha value is -1.40. The molecule has 0 saturated carbocycles. The number of sulfonamides is 1. The molecule has 1 aromatic carbocycles. The summed E-state index contributed by atoms with van der Waals surface area (Å²) in [7, 11) is -2.26. The van der Waals surface area contributed by atoms with E-state index in [2.05, 4.69) is 5.32 Å². The van der Waals surface area contributed by atoms with E-state index >= 15 is 0 Å². The largest absolute Gasteiger partial charge is 0.354 e. The molecule has 0 heterocycles. The zero-order valence-corrected chi connectivity index (χ0v) is 16.0. The highest BCUT2D eigenvalue weighted by molar-refractivity contribution is 7.89. The van der Waals surface area contributed by atoms with Gasteiger partial charge in [-0.05, 0) is 37.3 Å². The molecule has 130 valence electrons. The first kappa shape index (κ1) is 19.6. The van der Waals surface area contributed by atoms with Gasteiger partial charge in [0.15, 0.2) is 0 Å². The maximum absolute atomic E-state index is 12.8. The van der Waals surface area contributed by atoms with Gasteiger partial charge in [-0.2, -0.15) is 4.31 Å². The van der Waals surface area contributed by atoms with E-state index in [1.165, 1.54) is 7.05 Å². The van der Waals surface area contributed by atoms with Crippen LogP contribution in [0.4, 0.5) is 0 Å². The van der Waals surface area contributed by atoms with Crippen LogP contribution < -0.4 is 5.32 Å². The highest BCUT2D eigenvalue weighted by Gasteiger charge is 2.26. The number of aryl methyl sites for hydroxylation is 3. The van der Waals surface area contributed by atoms with Crippen LogP contribution in [0.15, 0.2) is 17.0 Å². The van der Waals surface area contributed by atoms with Crippen LogP contribution in [-0.2, 0) is 14.8 Å². The molecule has 1 rings (SSSR count). The second-order valence-corrected chi connectivity index (χ2v) is 9.31. The summed E-state index contributed by atoms with van der Waals surface area (Å²) in [6, 6.07) is 3.68. The van der Waals surface area contributed by atoms with Gasteiger partial charge in [-0.15, -0.1) is 0 Å². The lowest BCUT2D eigenvalue weighted by Gasteiger charge is -2.22. The van der Waals surface area contributed by atoms with Crippen LogP contribution >= 0.6 is 0 Å². The number of carbonyl (C=O) groups is 1. The van der Waals surface area contributed by atoms with Gasteiger partial charge in [0.05, 0.1) is 11.4 Å². The summed E-state index contributed by atoms with van der Waals surface area (Å²) in [4.78, 5) is 12.3. The first-order valence-corrected chi connectivity index (χ1v) is 9.09. The van der Waals surface area contributed by atoms with Crippen molar-refractivity contribution >= 4 is 15.9 Å². The Balaban J connectivity index is 2.95. The van der Waals surface area contributed by atoms with E-state index < -0.39 is 10.0 Å². The van der Waals surface area contributed by atoms with Gasteiger partial charge in [0.2, 0.25) is 15.9 Å². The summed E-state index contributed by atoms with van der Waals surface area (Å²) >= 11 is 0. The number of hydrogen-bond acceptors (Lipinski definition) is 3. The van der Waals surface area contributed by atoms with Crippen LogP contribution in [0.3, 0.4) is 0 Å². The Labute approximate surface area is 140 Å². The monoisotopic (exact) mass is 340 g/mol. The molecule has 0 fully saturated rings. The normalized spacial score (nSPS) is 12.5. The Morgan fingerprint density at radius 3 is 2.04 bits per heavy atom. The third-order valence-corrected chi connectivity index (χ3v) is 5.56. The molecule has 0 atom stereocenters. The standard InChI is InChI=1S/C17H28N2O3S/c1-12-8-13(2)16(14(3)9-12)23(21,22)19(7)10-15(20)18-11-17(4,5)6/h8-9H,10-11H2,1-7H3,(H,18,20). The third-order valence-electron chi connectivity index (χ3n) is 3.46. The molecule has 0 bridgehead atoms. The first-order chi connectivity index (χ1) is 10.3. The summed E-state index contributed by atoms with van der Waals surface area (Å²) in [5.74, 6) is -0.298. The molecule has 0 aliphatic rings. The molecule has 0 unspecified atom stereocenters.